The van der Waals surface area contributed by atoms with Gasteiger partial charge in [0.2, 0.25) is 0 Å². The molecule has 0 bridgehead atoms. The average molecular weight is 228 g/mol. The second-order valence-electron chi connectivity index (χ2n) is 4.23. The van der Waals surface area contributed by atoms with Gasteiger partial charge in [0, 0.05) is 0 Å². The summed E-state index contributed by atoms with van der Waals surface area (Å²) in [5.74, 6) is -0.756. The fourth-order valence-electron chi connectivity index (χ4n) is 1.92. The molecule has 86 valence electrons. The first-order valence-electron chi connectivity index (χ1n) is 5.44. The number of fused-ring (bicyclic) bond motifs is 1. The van der Waals surface area contributed by atoms with E-state index in [0.717, 1.165) is 4.90 Å². The second-order valence-corrected chi connectivity index (χ2v) is 4.23. The monoisotopic (exact) mass is 228 g/mol. The molecular formula is C13H12N2O2. The summed E-state index contributed by atoms with van der Waals surface area (Å²) < 4.78 is 0. The first kappa shape index (κ1) is 11.3. The number of carbonyl (C=O) groups is 2. The van der Waals surface area contributed by atoms with Crippen LogP contribution >= 0.6 is 0 Å². The number of hydrogen-bond acceptors (Lipinski definition) is 3. The summed E-state index contributed by atoms with van der Waals surface area (Å²) in [4.78, 5) is 25.3. The Labute approximate surface area is 99.5 Å². The minimum atomic E-state index is -1.08. The second kappa shape index (κ2) is 3.70. The maximum atomic E-state index is 12.1. The first-order valence-corrected chi connectivity index (χ1v) is 5.44. The van der Waals surface area contributed by atoms with Crippen molar-refractivity contribution in [2.75, 3.05) is 0 Å². The predicted molar refractivity (Wildman–Crippen MR) is 61.3 cm³/mol. The van der Waals surface area contributed by atoms with Crippen molar-refractivity contribution in [3.8, 4) is 6.07 Å². The van der Waals surface area contributed by atoms with E-state index in [-0.39, 0.29) is 11.8 Å². The van der Waals surface area contributed by atoms with Crippen LogP contribution in [0.1, 0.15) is 41.0 Å². The summed E-state index contributed by atoms with van der Waals surface area (Å²) >= 11 is 0. The molecule has 2 rings (SSSR count). The molecule has 1 aliphatic heterocycles. The normalized spacial score (nSPS) is 17.6. The lowest BCUT2D eigenvalue weighted by Crippen LogP contribution is -2.48. The van der Waals surface area contributed by atoms with Crippen molar-refractivity contribution < 1.29 is 9.59 Å². The van der Waals surface area contributed by atoms with Gasteiger partial charge in [-0.1, -0.05) is 19.1 Å². The van der Waals surface area contributed by atoms with E-state index >= 15 is 0 Å². The van der Waals surface area contributed by atoms with Crippen molar-refractivity contribution in [1.29, 1.82) is 5.26 Å². The number of hydrogen-bond donors (Lipinski definition) is 0. The molecule has 0 fully saturated rings. The smallest absolute Gasteiger partial charge is 0.262 e. The molecule has 0 saturated carbocycles. The third-order valence-electron chi connectivity index (χ3n) is 3.22. The number of amides is 2. The van der Waals surface area contributed by atoms with Gasteiger partial charge in [0.15, 0.2) is 0 Å². The number of carbonyl (C=O) groups excluding carboxylic acids is 2. The van der Waals surface area contributed by atoms with Crippen molar-refractivity contribution in [2.45, 2.75) is 25.8 Å². The van der Waals surface area contributed by atoms with Gasteiger partial charge in [0.1, 0.15) is 5.54 Å². The Balaban J connectivity index is 2.55. The first-order chi connectivity index (χ1) is 8.05. The fraction of sp³-hybridized carbons (Fsp3) is 0.308. The van der Waals surface area contributed by atoms with E-state index < -0.39 is 5.54 Å². The van der Waals surface area contributed by atoms with Gasteiger partial charge >= 0.3 is 0 Å². The van der Waals surface area contributed by atoms with Gasteiger partial charge in [-0.25, -0.2) is 0 Å². The lowest BCUT2D eigenvalue weighted by atomic mass is 9.99. The Morgan fingerprint density at radius 3 is 2.06 bits per heavy atom. The summed E-state index contributed by atoms with van der Waals surface area (Å²) in [6.07, 6.45) is 0.412. The Hall–Kier alpha value is -2.15. The molecule has 1 aliphatic rings. The summed E-state index contributed by atoms with van der Waals surface area (Å²) in [6, 6.07) is 8.70. The topological polar surface area (TPSA) is 61.2 Å². The number of imide groups is 1. The van der Waals surface area contributed by atoms with Gasteiger partial charge < -0.3 is 0 Å². The van der Waals surface area contributed by atoms with E-state index in [0.29, 0.717) is 17.5 Å². The van der Waals surface area contributed by atoms with Crippen LogP contribution in [0.4, 0.5) is 0 Å². The van der Waals surface area contributed by atoms with Gasteiger partial charge in [0.25, 0.3) is 11.8 Å². The van der Waals surface area contributed by atoms with E-state index in [1.807, 2.05) is 6.07 Å². The summed E-state index contributed by atoms with van der Waals surface area (Å²) in [5.41, 5.74) is -0.312. The fourth-order valence-corrected chi connectivity index (χ4v) is 1.92. The van der Waals surface area contributed by atoms with Crippen LogP contribution in [-0.4, -0.2) is 22.3 Å². The van der Waals surface area contributed by atoms with Crippen LogP contribution in [0.2, 0.25) is 0 Å². The van der Waals surface area contributed by atoms with Crippen molar-refractivity contribution in [3.05, 3.63) is 35.4 Å². The number of rotatable bonds is 2. The molecule has 1 aromatic carbocycles. The van der Waals surface area contributed by atoms with Gasteiger partial charge in [-0.15, -0.1) is 0 Å². The minimum absolute atomic E-state index is 0.378. The molecule has 1 atom stereocenters. The number of benzene rings is 1. The quantitative estimate of drug-likeness (QED) is 0.727. The van der Waals surface area contributed by atoms with E-state index in [2.05, 4.69) is 0 Å². The maximum absolute atomic E-state index is 12.1. The van der Waals surface area contributed by atoms with Crippen LogP contribution in [0.3, 0.4) is 0 Å². The number of nitrogens with zero attached hydrogens (tertiary/aromatic N) is 2. The zero-order chi connectivity index (χ0) is 12.6. The van der Waals surface area contributed by atoms with Crippen molar-refractivity contribution in [2.24, 2.45) is 0 Å². The van der Waals surface area contributed by atoms with Crippen LogP contribution in [0.15, 0.2) is 24.3 Å². The Morgan fingerprint density at radius 2 is 1.71 bits per heavy atom. The Kier molecular flexibility index (Phi) is 2.47. The summed E-state index contributed by atoms with van der Waals surface area (Å²) in [5, 5.41) is 9.16. The van der Waals surface area contributed by atoms with Crippen molar-refractivity contribution in [3.63, 3.8) is 0 Å². The zero-order valence-electron chi connectivity index (χ0n) is 9.73. The highest BCUT2D eigenvalue weighted by Gasteiger charge is 2.45. The number of nitriles is 1. The molecule has 0 aliphatic carbocycles. The van der Waals surface area contributed by atoms with Crippen LogP contribution in [0, 0.1) is 11.3 Å². The van der Waals surface area contributed by atoms with Gasteiger partial charge in [-0.3, -0.25) is 14.5 Å². The van der Waals surface area contributed by atoms with Gasteiger partial charge in [-0.2, -0.15) is 5.26 Å². The molecule has 0 spiro atoms. The van der Waals surface area contributed by atoms with Crippen LogP contribution < -0.4 is 0 Å². The van der Waals surface area contributed by atoms with Crippen molar-refractivity contribution >= 4 is 11.8 Å². The maximum Gasteiger partial charge on any atom is 0.262 e. The molecule has 1 aromatic rings. The Bertz CT molecular complexity index is 510. The summed E-state index contributed by atoms with van der Waals surface area (Å²) in [6.45, 7) is 3.39. The molecule has 4 heteroatoms. The lowest BCUT2D eigenvalue weighted by Gasteiger charge is -2.29. The largest absolute Gasteiger partial charge is 0.269 e. The molecule has 0 N–H and O–H groups in total. The third kappa shape index (κ3) is 1.43. The molecule has 17 heavy (non-hydrogen) atoms. The molecule has 0 saturated heterocycles. The van der Waals surface area contributed by atoms with Gasteiger partial charge in [-0.05, 0) is 25.5 Å². The van der Waals surface area contributed by atoms with E-state index in [1.54, 1.807) is 38.1 Å². The Morgan fingerprint density at radius 1 is 1.24 bits per heavy atom. The lowest BCUT2D eigenvalue weighted by molar-refractivity contribution is 0.0524. The summed E-state index contributed by atoms with van der Waals surface area (Å²) in [7, 11) is 0. The van der Waals surface area contributed by atoms with Crippen LogP contribution in [0.5, 0.6) is 0 Å². The minimum Gasteiger partial charge on any atom is -0.269 e. The molecule has 0 radical (unpaired) electrons. The molecule has 4 nitrogen and oxygen atoms in total. The highest BCUT2D eigenvalue weighted by atomic mass is 16.2. The standard InChI is InChI=1S/C13H12N2O2/c1-3-13(2,8-14)15-11(16)9-6-4-5-7-10(9)12(15)17/h4-7H,3H2,1-2H3. The van der Waals surface area contributed by atoms with Gasteiger partial charge in [0.05, 0.1) is 17.2 Å². The predicted octanol–water partition coefficient (Wildman–Crippen LogP) is 1.97. The molecule has 2 amide bonds. The van der Waals surface area contributed by atoms with E-state index in [9.17, 15) is 9.59 Å². The average Bonchev–Trinajstić information content (AvgIpc) is 2.62. The SMILES string of the molecule is CCC(C)(C#N)N1C(=O)c2ccccc2C1=O. The highest BCUT2D eigenvalue weighted by molar-refractivity contribution is 6.22. The van der Waals surface area contributed by atoms with E-state index in [4.69, 9.17) is 5.26 Å². The highest BCUT2D eigenvalue weighted by Crippen LogP contribution is 2.30. The zero-order valence-corrected chi connectivity index (χ0v) is 9.73. The molecular weight excluding hydrogens is 216 g/mol. The molecule has 1 heterocycles. The molecule has 1 unspecified atom stereocenters. The van der Waals surface area contributed by atoms with E-state index in [1.165, 1.54) is 0 Å². The van der Waals surface area contributed by atoms with Crippen molar-refractivity contribution in [1.82, 2.24) is 4.90 Å². The molecule has 0 aromatic heterocycles. The third-order valence-corrected chi connectivity index (χ3v) is 3.22. The van der Waals surface area contributed by atoms with Crippen LogP contribution in [0.25, 0.3) is 0 Å². The van der Waals surface area contributed by atoms with Crippen LogP contribution in [-0.2, 0) is 0 Å².